The summed E-state index contributed by atoms with van der Waals surface area (Å²) in [5.41, 5.74) is 1.88. The number of ether oxygens (including phenoxy) is 4. The van der Waals surface area contributed by atoms with Crippen LogP contribution in [0.5, 0.6) is 23.0 Å². The molecule has 0 spiro atoms. The van der Waals surface area contributed by atoms with Gasteiger partial charge < -0.3 is 24.1 Å². The smallest absolute Gasteiger partial charge is 0.307 e. The zero-order valence-electron chi connectivity index (χ0n) is 17.9. The van der Waals surface area contributed by atoms with E-state index in [9.17, 15) is 9.90 Å². The lowest BCUT2D eigenvalue weighted by Gasteiger charge is -2.38. The van der Waals surface area contributed by atoms with Crippen LogP contribution in [0.2, 0.25) is 0 Å². The largest absolute Gasteiger partial charge is 0.496 e. The van der Waals surface area contributed by atoms with Crippen LogP contribution in [0.4, 0.5) is 0 Å². The van der Waals surface area contributed by atoms with Gasteiger partial charge in [0.25, 0.3) is 0 Å². The fourth-order valence-corrected chi connectivity index (χ4v) is 4.18. The van der Waals surface area contributed by atoms with E-state index in [0.29, 0.717) is 30.2 Å². The number of methoxy groups -OCH3 is 4. The molecule has 0 saturated carbocycles. The zero-order valence-corrected chi connectivity index (χ0v) is 17.9. The van der Waals surface area contributed by atoms with Gasteiger partial charge in [0.15, 0.2) is 11.5 Å². The minimum atomic E-state index is -0.761. The van der Waals surface area contributed by atoms with Gasteiger partial charge in [-0.25, -0.2) is 0 Å². The number of benzene rings is 2. The summed E-state index contributed by atoms with van der Waals surface area (Å²) in [4.78, 5) is 13.9. The molecule has 2 unspecified atom stereocenters. The van der Waals surface area contributed by atoms with E-state index < -0.39 is 11.9 Å². The molecule has 0 amide bonds. The second-order valence-electron chi connectivity index (χ2n) is 7.28. The third-order valence-electron chi connectivity index (χ3n) is 5.60. The number of nitrogens with zero attached hydrogens (tertiary/aromatic N) is 1. The number of rotatable bonds is 8. The van der Waals surface area contributed by atoms with Crippen molar-refractivity contribution in [3.63, 3.8) is 0 Å². The summed E-state index contributed by atoms with van der Waals surface area (Å²) in [7, 11) is 6.38. The Bertz CT molecular complexity index is 859. The van der Waals surface area contributed by atoms with Crippen molar-refractivity contribution in [1.29, 1.82) is 0 Å². The molecule has 2 aromatic carbocycles. The topological polar surface area (TPSA) is 77.5 Å². The molecule has 0 aromatic heterocycles. The first kappa shape index (κ1) is 21.8. The predicted octanol–water partition coefficient (Wildman–Crippen LogP) is 3.61. The minimum Gasteiger partial charge on any atom is -0.496 e. The van der Waals surface area contributed by atoms with Crippen LogP contribution in [-0.4, -0.2) is 57.5 Å². The molecular weight excluding hydrogens is 386 g/mol. The normalized spacial score (nSPS) is 17.8. The summed E-state index contributed by atoms with van der Waals surface area (Å²) in [5.74, 6) is 1.21. The highest BCUT2D eigenvalue weighted by molar-refractivity contribution is 5.70. The van der Waals surface area contributed by atoms with Gasteiger partial charge in [0.2, 0.25) is 5.75 Å². The van der Waals surface area contributed by atoms with Crippen LogP contribution in [0, 0.1) is 5.92 Å². The predicted molar refractivity (Wildman–Crippen MR) is 113 cm³/mol. The standard InChI is InChI=1S/C23H29NO6/c1-27-18-10-6-5-9-17(18)21(24-11-7-8-15(14-24)23(25)26)16-12-19(28-2)22(30-4)20(13-16)29-3/h5-6,9-10,12-13,15,21H,7-8,11,14H2,1-4H3,(H,25,26). The van der Waals surface area contributed by atoms with Gasteiger partial charge in [-0.2, -0.15) is 0 Å². The number of carboxylic acids is 1. The van der Waals surface area contributed by atoms with Crippen molar-refractivity contribution in [2.75, 3.05) is 41.5 Å². The van der Waals surface area contributed by atoms with Crippen molar-refractivity contribution in [2.45, 2.75) is 18.9 Å². The summed E-state index contributed by atoms with van der Waals surface area (Å²) in [6.07, 6.45) is 1.49. The molecule has 1 aliphatic heterocycles. The van der Waals surface area contributed by atoms with E-state index in [1.807, 2.05) is 36.4 Å². The quantitative estimate of drug-likeness (QED) is 0.706. The van der Waals surface area contributed by atoms with Gasteiger partial charge in [0.1, 0.15) is 5.75 Å². The second kappa shape index (κ2) is 9.71. The van der Waals surface area contributed by atoms with Crippen molar-refractivity contribution in [3.8, 4) is 23.0 Å². The fraction of sp³-hybridized carbons (Fsp3) is 0.435. The highest BCUT2D eigenvalue weighted by atomic mass is 16.5. The van der Waals surface area contributed by atoms with Crippen LogP contribution < -0.4 is 18.9 Å². The van der Waals surface area contributed by atoms with Crippen LogP contribution in [-0.2, 0) is 4.79 Å². The number of hydrogen-bond donors (Lipinski definition) is 1. The first-order valence-electron chi connectivity index (χ1n) is 9.93. The Hall–Kier alpha value is -2.93. The highest BCUT2D eigenvalue weighted by Crippen LogP contribution is 2.44. The Labute approximate surface area is 177 Å². The monoisotopic (exact) mass is 415 g/mol. The second-order valence-corrected chi connectivity index (χ2v) is 7.28. The minimum absolute atomic E-state index is 0.225. The number of aliphatic carboxylic acids is 1. The molecule has 2 aromatic rings. The van der Waals surface area contributed by atoms with E-state index >= 15 is 0 Å². The number of para-hydroxylation sites is 1. The van der Waals surface area contributed by atoms with Gasteiger partial charge >= 0.3 is 5.97 Å². The summed E-state index contributed by atoms with van der Waals surface area (Å²) >= 11 is 0. The Balaban J connectivity index is 2.16. The maximum Gasteiger partial charge on any atom is 0.307 e. The zero-order chi connectivity index (χ0) is 21.7. The molecule has 3 rings (SSSR count). The van der Waals surface area contributed by atoms with E-state index in [2.05, 4.69) is 4.90 Å². The number of piperidine rings is 1. The number of likely N-dealkylation sites (tertiary alicyclic amines) is 1. The first-order chi connectivity index (χ1) is 14.5. The molecule has 1 saturated heterocycles. The summed E-state index contributed by atoms with van der Waals surface area (Å²) in [6.45, 7) is 1.23. The van der Waals surface area contributed by atoms with Crippen LogP contribution >= 0.6 is 0 Å². The number of carbonyl (C=O) groups is 1. The van der Waals surface area contributed by atoms with Gasteiger partial charge in [-0.1, -0.05) is 18.2 Å². The third-order valence-corrected chi connectivity index (χ3v) is 5.60. The molecule has 0 radical (unpaired) electrons. The summed E-state index contributed by atoms with van der Waals surface area (Å²) < 4.78 is 22.2. The van der Waals surface area contributed by atoms with Gasteiger partial charge in [-0.3, -0.25) is 9.69 Å². The van der Waals surface area contributed by atoms with Crippen molar-refractivity contribution in [3.05, 3.63) is 47.5 Å². The van der Waals surface area contributed by atoms with Crippen molar-refractivity contribution < 1.29 is 28.8 Å². The maximum atomic E-state index is 11.7. The molecule has 1 heterocycles. The highest BCUT2D eigenvalue weighted by Gasteiger charge is 2.33. The van der Waals surface area contributed by atoms with Crippen LogP contribution in [0.25, 0.3) is 0 Å². The fourth-order valence-electron chi connectivity index (χ4n) is 4.18. The summed E-state index contributed by atoms with van der Waals surface area (Å²) in [5, 5.41) is 9.60. The van der Waals surface area contributed by atoms with Crippen molar-refractivity contribution in [1.82, 2.24) is 4.90 Å². The lowest BCUT2D eigenvalue weighted by molar-refractivity contribution is -0.143. The molecule has 1 N–H and O–H groups in total. The lowest BCUT2D eigenvalue weighted by atomic mass is 9.90. The van der Waals surface area contributed by atoms with Crippen LogP contribution in [0.15, 0.2) is 36.4 Å². The van der Waals surface area contributed by atoms with Gasteiger partial charge in [0.05, 0.1) is 40.4 Å². The van der Waals surface area contributed by atoms with Crippen molar-refractivity contribution in [2.24, 2.45) is 5.92 Å². The SMILES string of the molecule is COc1ccccc1C(c1cc(OC)c(OC)c(OC)c1)N1CCCC(C(=O)O)C1. The molecule has 0 aliphatic carbocycles. The Morgan fingerprint density at radius 3 is 2.20 bits per heavy atom. The summed E-state index contributed by atoms with van der Waals surface area (Å²) in [6, 6.07) is 11.4. The first-order valence-corrected chi connectivity index (χ1v) is 9.93. The molecule has 2 atom stereocenters. The molecule has 0 bridgehead atoms. The Morgan fingerprint density at radius 1 is 1.00 bits per heavy atom. The number of hydrogen-bond acceptors (Lipinski definition) is 6. The molecule has 7 heteroatoms. The number of carboxylic acid groups (broad SMARTS) is 1. The molecule has 1 aliphatic rings. The van der Waals surface area contributed by atoms with Crippen LogP contribution in [0.3, 0.4) is 0 Å². The van der Waals surface area contributed by atoms with E-state index in [-0.39, 0.29) is 6.04 Å². The molecule has 1 fully saturated rings. The average molecular weight is 415 g/mol. The third kappa shape index (κ3) is 4.31. The van der Waals surface area contributed by atoms with Gasteiger partial charge in [0, 0.05) is 12.1 Å². The van der Waals surface area contributed by atoms with Gasteiger partial charge in [-0.05, 0) is 43.1 Å². The Kier molecular flexibility index (Phi) is 7.05. The van der Waals surface area contributed by atoms with Gasteiger partial charge in [-0.15, -0.1) is 0 Å². The molecule has 7 nitrogen and oxygen atoms in total. The van der Waals surface area contributed by atoms with Crippen molar-refractivity contribution >= 4 is 5.97 Å². The van der Waals surface area contributed by atoms with Crippen LogP contribution in [0.1, 0.15) is 30.0 Å². The molecule has 30 heavy (non-hydrogen) atoms. The van der Waals surface area contributed by atoms with E-state index in [4.69, 9.17) is 18.9 Å². The average Bonchev–Trinajstić information content (AvgIpc) is 2.79. The molecule has 162 valence electrons. The maximum absolute atomic E-state index is 11.7. The molecular formula is C23H29NO6. The Morgan fingerprint density at radius 2 is 1.63 bits per heavy atom. The van der Waals surface area contributed by atoms with E-state index in [0.717, 1.165) is 29.8 Å². The van der Waals surface area contributed by atoms with E-state index in [1.54, 1.807) is 28.4 Å². The van der Waals surface area contributed by atoms with E-state index in [1.165, 1.54) is 0 Å². The lowest BCUT2D eigenvalue weighted by Crippen LogP contribution is -2.41.